The summed E-state index contributed by atoms with van der Waals surface area (Å²) in [5.74, 6) is -0.638. The summed E-state index contributed by atoms with van der Waals surface area (Å²) in [5.41, 5.74) is -0.864. The molecule has 0 unspecified atom stereocenters. The van der Waals surface area contributed by atoms with E-state index in [-0.39, 0.29) is 12.8 Å². The van der Waals surface area contributed by atoms with E-state index in [0.717, 1.165) is 30.2 Å². The molecule has 10 heteroatoms. The lowest BCUT2D eigenvalue weighted by molar-refractivity contribution is -0.949. The highest BCUT2D eigenvalue weighted by atomic mass is 31.2. The number of hydrogen-bond acceptors (Lipinski definition) is 7. The molecule has 2 saturated heterocycles. The Morgan fingerprint density at radius 3 is 1.82 bits per heavy atom. The Morgan fingerprint density at radius 1 is 1.03 bits per heavy atom. The van der Waals surface area contributed by atoms with Crippen LogP contribution < -0.4 is 14.7 Å². The molecule has 2 bridgehead atoms. The van der Waals surface area contributed by atoms with Gasteiger partial charge in [0.05, 0.1) is 19.1 Å². The predicted octanol–water partition coefficient (Wildman–Crippen LogP) is 0.751. The number of esters is 1. The van der Waals surface area contributed by atoms with E-state index in [4.69, 9.17) is 24.0 Å². The molecule has 2 aromatic carbocycles. The van der Waals surface area contributed by atoms with Crippen LogP contribution in [0.3, 0.4) is 0 Å². The van der Waals surface area contributed by atoms with Crippen LogP contribution in [0.5, 0.6) is 0 Å². The fourth-order valence-electron chi connectivity index (χ4n) is 5.33. The Hall–Kier alpha value is -2.13. The normalized spacial score (nSPS) is 26.4. The SMILES string of the molecule is C[N+]1(CCF)[C@@H]2CC[C@@H]1CC(OC(=O)C(O)(c1ccccc1)c1ccccc1)C2.O=P([O-])([O-])[O-]. The topological polar surface area (TPSA) is 133 Å². The lowest BCUT2D eigenvalue weighted by atomic mass is 9.86. The van der Waals surface area contributed by atoms with Crippen molar-refractivity contribution in [2.45, 2.75) is 49.5 Å². The Labute approximate surface area is 198 Å². The lowest BCUT2D eigenvalue weighted by Crippen LogP contribution is -2.60. The Balaban J connectivity index is 0.000000588. The third-order valence-electron chi connectivity index (χ3n) is 7.09. The molecule has 0 radical (unpaired) electrons. The van der Waals surface area contributed by atoms with E-state index in [9.17, 15) is 14.3 Å². The minimum absolute atomic E-state index is 0.246. The summed E-state index contributed by atoms with van der Waals surface area (Å²) in [6, 6.07) is 18.5. The second-order valence-corrected chi connectivity index (χ2v) is 9.93. The highest BCUT2D eigenvalue weighted by Crippen LogP contribution is 2.43. The Kier molecular flexibility index (Phi) is 8.29. The van der Waals surface area contributed by atoms with Gasteiger partial charge in [0.1, 0.15) is 19.3 Å². The van der Waals surface area contributed by atoms with Gasteiger partial charge in [-0.2, -0.15) is 7.82 Å². The number of phosphoric acid groups is 1. The van der Waals surface area contributed by atoms with E-state index in [1.807, 2.05) is 12.1 Å². The van der Waals surface area contributed by atoms with Crippen molar-refractivity contribution in [1.82, 2.24) is 0 Å². The number of carbonyl (C=O) groups is 1. The quantitative estimate of drug-likeness (QED) is 0.357. The number of alkyl halides is 1. The summed E-state index contributed by atoms with van der Waals surface area (Å²) in [5, 5.41) is 11.6. The van der Waals surface area contributed by atoms with Gasteiger partial charge in [-0.25, -0.2) is 9.18 Å². The minimum atomic E-state index is -5.39. The van der Waals surface area contributed by atoms with Crippen molar-refractivity contribution >= 4 is 13.8 Å². The first-order valence-corrected chi connectivity index (χ1v) is 12.6. The number of nitrogens with zero attached hydrogens (tertiary/aromatic N) is 1. The molecular formula is C24H29FNO7P-2. The first kappa shape index (κ1) is 26.5. The van der Waals surface area contributed by atoms with E-state index in [1.165, 1.54) is 0 Å². The van der Waals surface area contributed by atoms with Crippen LogP contribution in [0.25, 0.3) is 0 Å². The van der Waals surface area contributed by atoms with E-state index in [1.54, 1.807) is 48.5 Å². The number of ether oxygens (including phenoxy) is 1. The second kappa shape index (κ2) is 10.6. The third kappa shape index (κ3) is 5.92. The van der Waals surface area contributed by atoms with Gasteiger partial charge in [-0.15, -0.1) is 0 Å². The van der Waals surface area contributed by atoms with Crippen LogP contribution in [0, 0.1) is 0 Å². The van der Waals surface area contributed by atoms with Crippen molar-refractivity contribution < 1.29 is 42.8 Å². The first-order chi connectivity index (χ1) is 16.0. The maximum atomic E-state index is 13.3. The Morgan fingerprint density at radius 2 is 1.44 bits per heavy atom. The van der Waals surface area contributed by atoms with Crippen LogP contribution in [0.15, 0.2) is 60.7 Å². The summed E-state index contributed by atoms with van der Waals surface area (Å²) in [4.78, 5) is 39.0. The van der Waals surface area contributed by atoms with Crippen LogP contribution in [-0.2, 0) is 19.7 Å². The minimum Gasteiger partial charge on any atom is -0.822 e. The maximum absolute atomic E-state index is 13.3. The molecule has 186 valence electrons. The van der Waals surface area contributed by atoms with Crippen LogP contribution in [-0.4, -0.2) is 54.0 Å². The lowest BCUT2D eigenvalue weighted by Gasteiger charge is -2.46. The number of quaternary nitrogens is 1. The van der Waals surface area contributed by atoms with Crippen LogP contribution in [0.2, 0.25) is 0 Å². The molecule has 2 aromatic rings. The average Bonchev–Trinajstić information content (AvgIpc) is 2.95. The summed E-state index contributed by atoms with van der Waals surface area (Å²) in [7, 11) is -3.26. The van der Waals surface area contributed by atoms with E-state index < -0.39 is 19.4 Å². The number of hydrogen-bond donors (Lipinski definition) is 1. The van der Waals surface area contributed by atoms with Crippen LogP contribution in [0.4, 0.5) is 4.39 Å². The number of piperidine rings is 1. The second-order valence-electron chi connectivity index (χ2n) is 9.03. The molecular weight excluding hydrogens is 464 g/mol. The zero-order valence-electron chi connectivity index (χ0n) is 18.9. The number of rotatable bonds is 6. The summed E-state index contributed by atoms with van der Waals surface area (Å²) < 4.78 is 28.3. The van der Waals surface area contributed by atoms with Crippen LogP contribution in [0.1, 0.15) is 36.8 Å². The maximum Gasteiger partial charge on any atom is 0.347 e. The monoisotopic (exact) mass is 493 g/mol. The molecule has 2 atom stereocenters. The van der Waals surface area contributed by atoms with Gasteiger partial charge < -0.3 is 33.6 Å². The van der Waals surface area contributed by atoms with Crippen molar-refractivity contribution in [2.75, 3.05) is 20.3 Å². The number of halogens is 1. The molecule has 2 aliphatic heterocycles. The molecule has 0 aromatic heterocycles. The largest absolute Gasteiger partial charge is 0.822 e. The highest BCUT2D eigenvalue weighted by Gasteiger charge is 2.53. The molecule has 0 aliphatic carbocycles. The zero-order valence-corrected chi connectivity index (χ0v) is 19.8. The highest BCUT2D eigenvalue weighted by molar-refractivity contribution is 7.40. The molecule has 4 rings (SSSR count). The van der Waals surface area contributed by atoms with E-state index in [0.29, 0.717) is 29.8 Å². The average molecular weight is 493 g/mol. The molecule has 8 nitrogen and oxygen atoms in total. The molecule has 1 N–H and O–H groups in total. The smallest absolute Gasteiger partial charge is 0.347 e. The fourth-order valence-corrected chi connectivity index (χ4v) is 5.33. The van der Waals surface area contributed by atoms with Gasteiger partial charge >= 0.3 is 5.97 Å². The van der Waals surface area contributed by atoms with E-state index in [2.05, 4.69) is 7.05 Å². The van der Waals surface area contributed by atoms with Crippen molar-refractivity contribution in [3.05, 3.63) is 71.8 Å². The molecule has 0 amide bonds. The standard InChI is InChI=1S/C24H29FNO3.H3O4P/c1-26(15-14-25)20-12-13-21(26)17-22(16-20)29-23(27)24(28,18-8-4-2-5-9-18)19-10-6-3-7-11-19;1-5(2,3)4/h2-11,20-22,28H,12-17H2,1H3;(H3,1,2,3,4)/q+1;/p-3/t20-,21-,22?,26?;/m1./s1. The molecule has 2 fully saturated rings. The number of benzene rings is 2. The molecule has 2 aliphatic rings. The predicted molar refractivity (Wildman–Crippen MR) is 116 cm³/mol. The fraction of sp³-hybridized carbons (Fsp3) is 0.458. The van der Waals surface area contributed by atoms with Gasteiger partial charge in [0.25, 0.3) is 0 Å². The zero-order chi connectivity index (χ0) is 25.0. The van der Waals surface area contributed by atoms with Crippen molar-refractivity contribution in [1.29, 1.82) is 0 Å². The van der Waals surface area contributed by atoms with Crippen molar-refractivity contribution in [3.63, 3.8) is 0 Å². The summed E-state index contributed by atoms with van der Waals surface area (Å²) in [6.07, 6.45) is 3.27. The van der Waals surface area contributed by atoms with E-state index >= 15 is 0 Å². The molecule has 34 heavy (non-hydrogen) atoms. The van der Waals surface area contributed by atoms with Crippen LogP contribution >= 0.6 is 7.82 Å². The number of fused-ring (bicyclic) bond motifs is 2. The third-order valence-corrected chi connectivity index (χ3v) is 7.09. The van der Waals surface area contributed by atoms with Crippen molar-refractivity contribution in [2.24, 2.45) is 0 Å². The molecule has 0 saturated carbocycles. The number of aliphatic hydroxyl groups is 1. The van der Waals surface area contributed by atoms with Gasteiger partial charge in [-0.05, 0) is 11.1 Å². The summed E-state index contributed by atoms with van der Waals surface area (Å²) >= 11 is 0. The Bertz CT molecular complexity index is 939. The summed E-state index contributed by atoms with van der Waals surface area (Å²) in [6.45, 7) is 0.198. The molecule has 0 spiro atoms. The van der Waals surface area contributed by atoms with Gasteiger partial charge in [-0.1, -0.05) is 60.7 Å². The van der Waals surface area contributed by atoms with Crippen molar-refractivity contribution in [3.8, 4) is 0 Å². The van der Waals surface area contributed by atoms with Gasteiger partial charge in [0.15, 0.2) is 0 Å². The van der Waals surface area contributed by atoms with Gasteiger partial charge in [0, 0.05) is 25.7 Å². The first-order valence-electron chi connectivity index (χ1n) is 11.2. The number of carbonyl (C=O) groups excluding carboxylic acids is 1. The molecule has 2 heterocycles. The van der Waals surface area contributed by atoms with Gasteiger partial charge in [-0.3, -0.25) is 0 Å². The van der Waals surface area contributed by atoms with Gasteiger partial charge in [0.2, 0.25) is 5.60 Å².